The van der Waals surface area contributed by atoms with Gasteiger partial charge in [0.1, 0.15) is 5.82 Å². The number of nitrogens with zero attached hydrogens (tertiary/aromatic N) is 1. The minimum Gasteiger partial charge on any atom is -0.449 e. The van der Waals surface area contributed by atoms with Crippen molar-refractivity contribution in [1.29, 1.82) is 0 Å². The molecule has 1 aliphatic rings. The molecular formula is C20H21FN2O5S. The van der Waals surface area contributed by atoms with Gasteiger partial charge in [0, 0.05) is 18.8 Å². The molecule has 0 bridgehead atoms. The molecule has 3 rings (SSSR count). The number of nitrogens with one attached hydrogen (secondary N) is 1. The number of ether oxygens (including phenoxy) is 1. The fourth-order valence-corrected chi connectivity index (χ4v) is 4.42. The van der Waals surface area contributed by atoms with Crippen LogP contribution >= 0.6 is 0 Å². The SMILES string of the molecule is C[C@H](OC(=O)c1ccc(S(=O)(=O)N2CCCC2)cc1)C(=O)Nc1ccc(F)cc1. The van der Waals surface area contributed by atoms with Gasteiger partial charge < -0.3 is 10.1 Å². The molecule has 9 heteroatoms. The van der Waals surface area contributed by atoms with Crippen LogP contribution in [0.2, 0.25) is 0 Å². The van der Waals surface area contributed by atoms with E-state index in [0.29, 0.717) is 18.8 Å². The number of anilines is 1. The summed E-state index contributed by atoms with van der Waals surface area (Å²) in [4.78, 5) is 24.5. The van der Waals surface area contributed by atoms with E-state index in [1.807, 2.05) is 0 Å². The highest BCUT2D eigenvalue weighted by molar-refractivity contribution is 7.89. The summed E-state index contributed by atoms with van der Waals surface area (Å²) >= 11 is 0. The number of carbonyl (C=O) groups is 2. The van der Waals surface area contributed by atoms with E-state index in [2.05, 4.69) is 5.32 Å². The second-order valence-corrected chi connectivity index (χ2v) is 8.62. The highest BCUT2D eigenvalue weighted by atomic mass is 32.2. The Kier molecular flexibility index (Phi) is 6.29. The average molecular weight is 420 g/mol. The summed E-state index contributed by atoms with van der Waals surface area (Å²) in [5, 5.41) is 2.52. The van der Waals surface area contributed by atoms with Gasteiger partial charge in [-0.2, -0.15) is 4.31 Å². The van der Waals surface area contributed by atoms with Crippen molar-refractivity contribution in [2.45, 2.75) is 30.8 Å². The van der Waals surface area contributed by atoms with E-state index in [0.717, 1.165) is 12.8 Å². The van der Waals surface area contributed by atoms with Crippen LogP contribution in [0.15, 0.2) is 53.4 Å². The zero-order valence-electron chi connectivity index (χ0n) is 15.8. The highest BCUT2D eigenvalue weighted by Crippen LogP contribution is 2.21. The van der Waals surface area contributed by atoms with Crippen molar-refractivity contribution >= 4 is 27.6 Å². The summed E-state index contributed by atoms with van der Waals surface area (Å²) in [6.07, 6.45) is 0.573. The lowest BCUT2D eigenvalue weighted by Gasteiger charge is -2.16. The summed E-state index contributed by atoms with van der Waals surface area (Å²) in [5.74, 6) is -1.76. The van der Waals surface area contributed by atoms with Crippen LogP contribution in [0.5, 0.6) is 0 Å². The fourth-order valence-electron chi connectivity index (χ4n) is 2.90. The Morgan fingerprint density at radius 2 is 1.62 bits per heavy atom. The Morgan fingerprint density at radius 3 is 2.21 bits per heavy atom. The van der Waals surface area contributed by atoms with Crippen molar-refractivity contribution in [3.05, 3.63) is 59.9 Å². The summed E-state index contributed by atoms with van der Waals surface area (Å²) in [6, 6.07) is 10.6. The van der Waals surface area contributed by atoms with E-state index in [-0.39, 0.29) is 10.5 Å². The Labute approximate surface area is 168 Å². The smallest absolute Gasteiger partial charge is 0.338 e. The summed E-state index contributed by atoms with van der Waals surface area (Å²) < 4.78 is 44.5. The minimum absolute atomic E-state index is 0.109. The Morgan fingerprint density at radius 1 is 1.03 bits per heavy atom. The van der Waals surface area contributed by atoms with Crippen LogP contribution in [0.25, 0.3) is 0 Å². The monoisotopic (exact) mass is 420 g/mol. The van der Waals surface area contributed by atoms with Gasteiger partial charge >= 0.3 is 5.97 Å². The van der Waals surface area contributed by atoms with Crippen molar-refractivity contribution < 1.29 is 27.1 Å². The standard InChI is InChI=1S/C20H21FN2O5S/c1-14(19(24)22-17-8-6-16(21)7-9-17)28-20(25)15-4-10-18(11-5-15)29(26,27)23-12-2-3-13-23/h4-11,14H,2-3,12-13H2,1H3,(H,22,24)/t14-/m0/s1. The first-order valence-corrected chi connectivity index (χ1v) is 10.6. The summed E-state index contributed by atoms with van der Waals surface area (Å²) in [5.41, 5.74) is 0.502. The number of hydrogen-bond acceptors (Lipinski definition) is 5. The van der Waals surface area contributed by atoms with Crippen molar-refractivity contribution in [1.82, 2.24) is 4.31 Å². The molecule has 1 aliphatic heterocycles. The third kappa shape index (κ3) is 4.99. The molecule has 1 amide bonds. The average Bonchev–Trinajstić information content (AvgIpc) is 3.25. The maximum absolute atomic E-state index is 12.9. The zero-order chi connectivity index (χ0) is 21.0. The lowest BCUT2D eigenvalue weighted by Crippen LogP contribution is -2.30. The molecular weight excluding hydrogens is 399 g/mol. The molecule has 1 atom stereocenters. The molecule has 0 saturated carbocycles. The molecule has 7 nitrogen and oxygen atoms in total. The van der Waals surface area contributed by atoms with Crippen LogP contribution in [0, 0.1) is 5.82 Å². The van der Waals surface area contributed by atoms with E-state index < -0.39 is 33.8 Å². The van der Waals surface area contributed by atoms with E-state index in [1.165, 1.54) is 59.8 Å². The van der Waals surface area contributed by atoms with Gasteiger partial charge in [0.05, 0.1) is 10.5 Å². The number of halogens is 1. The normalized spacial score (nSPS) is 15.7. The first kappa shape index (κ1) is 20.9. The molecule has 1 N–H and O–H groups in total. The van der Waals surface area contributed by atoms with Gasteiger partial charge in [-0.1, -0.05) is 0 Å². The zero-order valence-corrected chi connectivity index (χ0v) is 16.6. The van der Waals surface area contributed by atoms with Gasteiger partial charge in [-0.3, -0.25) is 4.79 Å². The van der Waals surface area contributed by atoms with Crippen LogP contribution in [-0.4, -0.2) is 43.8 Å². The maximum Gasteiger partial charge on any atom is 0.338 e. The van der Waals surface area contributed by atoms with Crippen LogP contribution in [-0.2, 0) is 19.6 Å². The molecule has 0 radical (unpaired) electrons. The van der Waals surface area contributed by atoms with E-state index in [9.17, 15) is 22.4 Å². The molecule has 1 saturated heterocycles. The largest absolute Gasteiger partial charge is 0.449 e. The summed E-state index contributed by atoms with van der Waals surface area (Å²) in [7, 11) is -3.56. The Balaban J connectivity index is 1.61. The van der Waals surface area contributed by atoms with E-state index >= 15 is 0 Å². The number of benzene rings is 2. The lowest BCUT2D eigenvalue weighted by atomic mass is 10.2. The molecule has 0 unspecified atom stereocenters. The second kappa shape index (κ2) is 8.71. The molecule has 0 aliphatic carbocycles. The van der Waals surface area contributed by atoms with Crippen molar-refractivity contribution in [2.75, 3.05) is 18.4 Å². The maximum atomic E-state index is 12.9. The van der Waals surface area contributed by atoms with Crippen LogP contribution in [0.4, 0.5) is 10.1 Å². The molecule has 1 heterocycles. The van der Waals surface area contributed by atoms with Crippen LogP contribution in [0.3, 0.4) is 0 Å². The molecule has 1 fully saturated rings. The first-order chi connectivity index (χ1) is 13.8. The third-order valence-corrected chi connectivity index (χ3v) is 6.47. The van der Waals surface area contributed by atoms with Crippen molar-refractivity contribution in [2.24, 2.45) is 0 Å². The highest BCUT2D eigenvalue weighted by Gasteiger charge is 2.27. The number of rotatable bonds is 6. The lowest BCUT2D eigenvalue weighted by molar-refractivity contribution is -0.123. The van der Waals surface area contributed by atoms with Crippen LogP contribution in [0.1, 0.15) is 30.1 Å². The number of hydrogen-bond donors (Lipinski definition) is 1. The fraction of sp³-hybridized carbons (Fsp3) is 0.300. The number of carbonyl (C=O) groups excluding carboxylic acids is 2. The molecule has 0 aromatic heterocycles. The quantitative estimate of drug-likeness (QED) is 0.726. The topological polar surface area (TPSA) is 92.8 Å². The Bertz CT molecular complexity index is 985. The molecule has 2 aromatic carbocycles. The number of amides is 1. The predicted molar refractivity (Wildman–Crippen MR) is 104 cm³/mol. The second-order valence-electron chi connectivity index (χ2n) is 6.68. The van der Waals surface area contributed by atoms with Crippen molar-refractivity contribution in [3.8, 4) is 0 Å². The third-order valence-electron chi connectivity index (χ3n) is 4.56. The number of esters is 1. The van der Waals surface area contributed by atoms with Gasteiger partial charge in [-0.15, -0.1) is 0 Å². The molecule has 0 spiro atoms. The van der Waals surface area contributed by atoms with Gasteiger partial charge in [0.15, 0.2) is 6.10 Å². The van der Waals surface area contributed by atoms with Gasteiger partial charge in [-0.25, -0.2) is 17.6 Å². The first-order valence-electron chi connectivity index (χ1n) is 9.15. The minimum atomic E-state index is -3.56. The molecule has 29 heavy (non-hydrogen) atoms. The van der Waals surface area contributed by atoms with Crippen molar-refractivity contribution in [3.63, 3.8) is 0 Å². The summed E-state index contributed by atoms with van der Waals surface area (Å²) in [6.45, 7) is 2.39. The van der Waals surface area contributed by atoms with Gasteiger partial charge in [0.25, 0.3) is 5.91 Å². The van der Waals surface area contributed by atoms with E-state index in [1.54, 1.807) is 0 Å². The Hall–Kier alpha value is -2.78. The molecule has 154 valence electrons. The number of sulfonamides is 1. The predicted octanol–water partition coefficient (Wildman–Crippen LogP) is 2.79. The molecule has 2 aromatic rings. The van der Waals surface area contributed by atoms with Gasteiger partial charge in [0.2, 0.25) is 10.0 Å². The van der Waals surface area contributed by atoms with E-state index in [4.69, 9.17) is 4.74 Å². The van der Waals surface area contributed by atoms with Crippen LogP contribution < -0.4 is 5.32 Å². The van der Waals surface area contributed by atoms with Gasteiger partial charge in [-0.05, 0) is 68.3 Å².